The Morgan fingerprint density at radius 3 is 2.48 bits per heavy atom. The summed E-state index contributed by atoms with van der Waals surface area (Å²) < 4.78 is 1.84. The highest BCUT2D eigenvalue weighted by Gasteiger charge is 2.20. The van der Waals surface area contributed by atoms with Crippen LogP contribution in [0, 0.1) is 13.8 Å². The first-order valence-electron chi connectivity index (χ1n) is 9.44. The smallest absolute Gasteiger partial charge is 0.254 e. The quantitative estimate of drug-likeness (QED) is 0.706. The van der Waals surface area contributed by atoms with E-state index in [1.165, 1.54) is 11.3 Å². The second-order valence-electron chi connectivity index (χ2n) is 7.49. The van der Waals surface area contributed by atoms with Gasteiger partial charge in [0.05, 0.1) is 6.54 Å². The van der Waals surface area contributed by atoms with Crippen LogP contribution in [0.3, 0.4) is 0 Å². The standard InChI is InChI=1S/C20H27N7/c1-15-6-5-7-17(12-15)26-10-8-25(9-11-26)14-18-22-20-21-16(2)13-19(24(3)4)27(20)23-18/h5-7,12-13H,8-11,14H2,1-4H3. The van der Waals surface area contributed by atoms with Gasteiger partial charge in [0.2, 0.25) is 0 Å². The average Bonchev–Trinajstić information content (AvgIpc) is 3.03. The Kier molecular flexibility index (Phi) is 4.70. The molecule has 0 bridgehead atoms. The van der Waals surface area contributed by atoms with Gasteiger partial charge >= 0.3 is 0 Å². The van der Waals surface area contributed by atoms with E-state index in [0.29, 0.717) is 5.78 Å². The zero-order valence-corrected chi connectivity index (χ0v) is 16.6. The molecule has 1 saturated heterocycles. The predicted octanol–water partition coefficient (Wildman–Crippen LogP) is 2.13. The Morgan fingerprint density at radius 1 is 1.00 bits per heavy atom. The van der Waals surface area contributed by atoms with Crippen molar-refractivity contribution in [1.29, 1.82) is 0 Å². The van der Waals surface area contributed by atoms with Crippen molar-refractivity contribution in [2.45, 2.75) is 20.4 Å². The number of anilines is 2. The number of fused-ring (bicyclic) bond motifs is 1. The van der Waals surface area contributed by atoms with Gasteiger partial charge in [-0.15, -0.1) is 5.10 Å². The molecule has 7 heteroatoms. The molecule has 0 aliphatic carbocycles. The van der Waals surface area contributed by atoms with Gasteiger partial charge in [-0.1, -0.05) is 12.1 Å². The molecule has 1 aliphatic heterocycles. The molecule has 0 spiro atoms. The normalized spacial score (nSPS) is 15.5. The number of nitrogens with zero attached hydrogens (tertiary/aromatic N) is 7. The molecule has 2 aromatic heterocycles. The van der Waals surface area contributed by atoms with Gasteiger partial charge in [-0.25, -0.2) is 4.98 Å². The highest BCUT2D eigenvalue weighted by atomic mass is 15.4. The molecule has 1 fully saturated rings. The van der Waals surface area contributed by atoms with E-state index in [0.717, 1.165) is 50.1 Å². The minimum Gasteiger partial charge on any atom is -0.369 e. The van der Waals surface area contributed by atoms with Crippen LogP contribution in [0.1, 0.15) is 17.1 Å². The average molecular weight is 365 g/mol. The van der Waals surface area contributed by atoms with Gasteiger partial charge in [0, 0.05) is 57.7 Å². The lowest BCUT2D eigenvalue weighted by atomic mass is 10.2. The number of piperazine rings is 1. The summed E-state index contributed by atoms with van der Waals surface area (Å²) in [6.45, 7) is 8.97. The predicted molar refractivity (Wildman–Crippen MR) is 109 cm³/mol. The molecular weight excluding hydrogens is 338 g/mol. The van der Waals surface area contributed by atoms with Crippen molar-refractivity contribution in [3.05, 3.63) is 47.4 Å². The minimum absolute atomic E-state index is 0.673. The van der Waals surface area contributed by atoms with Crippen molar-refractivity contribution in [3.63, 3.8) is 0 Å². The van der Waals surface area contributed by atoms with Crippen LogP contribution in [-0.2, 0) is 6.54 Å². The first-order chi connectivity index (χ1) is 13.0. The van der Waals surface area contributed by atoms with Crippen molar-refractivity contribution >= 4 is 17.3 Å². The molecule has 0 saturated carbocycles. The van der Waals surface area contributed by atoms with Crippen molar-refractivity contribution in [2.75, 3.05) is 50.1 Å². The largest absolute Gasteiger partial charge is 0.369 e. The first-order valence-corrected chi connectivity index (χ1v) is 9.44. The van der Waals surface area contributed by atoms with Gasteiger partial charge in [-0.2, -0.15) is 9.50 Å². The van der Waals surface area contributed by atoms with Crippen LogP contribution in [0.4, 0.5) is 11.5 Å². The highest BCUT2D eigenvalue weighted by Crippen LogP contribution is 2.19. The number of hydrogen-bond donors (Lipinski definition) is 0. The van der Waals surface area contributed by atoms with Crippen molar-refractivity contribution in [1.82, 2.24) is 24.5 Å². The number of rotatable bonds is 4. The third kappa shape index (κ3) is 3.73. The lowest BCUT2D eigenvalue weighted by Gasteiger charge is -2.35. The molecule has 142 valence electrons. The van der Waals surface area contributed by atoms with Crippen LogP contribution >= 0.6 is 0 Å². The van der Waals surface area contributed by atoms with Gasteiger partial charge in [0.25, 0.3) is 5.78 Å². The number of aryl methyl sites for hydroxylation is 2. The summed E-state index contributed by atoms with van der Waals surface area (Å²) >= 11 is 0. The van der Waals surface area contributed by atoms with Crippen LogP contribution < -0.4 is 9.80 Å². The van der Waals surface area contributed by atoms with E-state index in [-0.39, 0.29) is 0 Å². The summed E-state index contributed by atoms with van der Waals surface area (Å²) in [6, 6.07) is 10.8. The van der Waals surface area contributed by atoms with E-state index in [1.807, 2.05) is 36.5 Å². The topological polar surface area (TPSA) is 52.8 Å². The summed E-state index contributed by atoms with van der Waals surface area (Å²) in [5, 5.41) is 4.70. The maximum Gasteiger partial charge on any atom is 0.254 e. The molecular formula is C20H27N7. The second-order valence-corrected chi connectivity index (χ2v) is 7.49. The van der Waals surface area contributed by atoms with Gasteiger partial charge < -0.3 is 9.80 Å². The Hall–Kier alpha value is -2.67. The molecule has 1 aliphatic rings. The molecule has 3 aromatic rings. The maximum atomic E-state index is 4.70. The fourth-order valence-electron chi connectivity index (χ4n) is 3.58. The van der Waals surface area contributed by atoms with E-state index in [9.17, 15) is 0 Å². The molecule has 3 heterocycles. The summed E-state index contributed by atoms with van der Waals surface area (Å²) in [4.78, 5) is 16.1. The third-order valence-electron chi connectivity index (χ3n) is 5.03. The SMILES string of the molecule is Cc1cccc(N2CCN(Cc3nc4nc(C)cc(N(C)C)n4n3)CC2)c1. The van der Waals surface area contributed by atoms with E-state index in [1.54, 1.807) is 0 Å². The van der Waals surface area contributed by atoms with Crippen LogP contribution in [0.15, 0.2) is 30.3 Å². The summed E-state index contributed by atoms with van der Waals surface area (Å²) in [5.41, 5.74) is 3.58. The Labute approximate surface area is 160 Å². The molecule has 0 atom stereocenters. The van der Waals surface area contributed by atoms with Gasteiger partial charge in [-0.05, 0) is 31.5 Å². The molecule has 0 unspecified atom stereocenters. The molecule has 4 rings (SSSR count). The van der Waals surface area contributed by atoms with Crippen LogP contribution in [0.2, 0.25) is 0 Å². The fraction of sp³-hybridized carbons (Fsp3) is 0.450. The first kappa shape index (κ1) is 17.7. The summed E-state index contributed by atoms with van der Waals surface area (Å²) in [6.07, 6.45) is 0. The lowest BCUT2D eigenvalue weighted by molar-refractivity contribution is 0.244. The maximum absolute atomic E-state index is 4.70. The highest BCUT2D eigenvalue weighted by molar-refractivity contribution is 5.49. The third-order valence-corrected chi connectivity index (χ3v) is 5.03. The monoisotopic (exact) mass is 365 g/mol. The molecule has 0 N–H and O–H groups in total. The fourth-order valence-corrected chi connectivity index (χ4v) is 3.58. The van der Waals surface area contributed by atoms with Crippen molar-refractivity contribution in [3.8, 4) is 0 Å². The molecule has 0 radical (unpaired) electrons. The Balaban J connectivity index is 1.45. The zero-order chi connectivity index (χ0) is 19.0. The number of aromatic nitrogens is 4. The summed E-state index contributed by atoms with van der Waals surface area (Å²) in [5.74, 6) is 2.51. The van der Waals surface area contributed by atoms with Crippen LogP contribution in [-0.4, -0.2) is 64.8 Å². The van der Waals surface area contributed by atoms with Gasteiger partial charge in [0.1, 0.15) is 5.82 Å². The van der Waals surface area contributed by atoms with E-state index in [4.69, 9.17) is 5.10 Å². The molecule has 1 aromatic carbocycles. The molecule has 0 amide bonds. The van der Waals surface area contributed by atoms with E-state index >= 15 is 0 Å². The Morgan fingerprint density at radius 2 is 1.78 bits per heavy atom. The van der Waals surface area contributed by atoms with Crippen molar-refractivity contribution < 1.29 is 0 Å². The van der Waals surface area contributed by atoms with E-state index < -0.39 is 0 Å². The molecule has 7 nitrogen and oxygen atoms in total. The van der Waals surface area contributed by atoms with Crippen LogP contribution in [0.5, 0.6) is 0 Å². The number of hydrogen-bond acceptors (Lipinski definition) is 6. The van der Waals surface area contributed by atoms with Gasteiger partial charge in [0.15, 0.2) is 5.82 Å². The summed E-state index contributed by atoms with van der Waals surface area (Å²) in [7, 11) is 4.03. The molecule has 27 heavy (non-hydrogen) atoms. The second kappa shape index (κ2) is 7.15. The number of benzene rings is 1. The minimum atomic E-state index is 0.673. The van der Waals surface area contributed by atoms with Gasteiger partial charge in [-0.3, -0.25) is 4.90 Å². The van der Waals surface area contributed by atoms with Crippen molar-refractivity contribution in [2.24, 2.45) is 0 Å². The Bertz CT molecular complexity index is 939. The lowest BCUT2D eigenvalue weighted by Crippen LogP contribution is -2.46. The zero-order valence-electron chi connectivity index (χ0n) is 16.6. The van der Waals surface area contributed by atoms with Crippen LogP contribution in [0.25, 0.3) is 5.78 Å². The van der Waals surface area contributed by atoms with E-state index in [2.05, 4.69) is 51.0 Å².